The molecule has 0 saturated carbocycles. The first kappa shape index (κ1) is 18.5. The molecule has 0 aliphatic heterocycles. The fourth-order valence-electron chi connectivity index (χ4n) is 3.06. The molecule has 4 rings (SSSR count). The van der Waals surface area contributed by atoms with Crippen molar-refractivity contribution in [1.29, 1.82) is 0 Å². The highest BCUT2D eigenvalue weighted by atomic mass is 19.4. The smallest absolute Gasteiger partial charge is 0.406 e. The Bertz CT molecular complexity index is 1220. The number of rotatable bonds is 4. The van der Waals surface area contributed by atoms with E-state index in [9.17, 15) is 18.0 Å². The Morgan fingerprint density at radius 1 is 1.03 bits per heavy atom. The molecule has 0 aliphatic carbocycles. The van der Waals surface area contributed by atoms with Crippen LogP contribution in [0.5, 0.6) is 5.75 Å². The van der Waals surface area contributed by atoms with Gasteiger partial charge in [0, 0.05) is 40.2 Å². The third-order valence-corrected chi connectivity index (χ3v) is 4.33. The standard InChI is InChI=1S/C21H14F3N3O2/c22-21(23,24)29-16-6-2-3-12(8-16)14-9-17-18(11-27-20(17)26-10-14)19(28)13-4-1-5-15(25)7-13/h1-11H,25H2,(H,26,27). The highest BCUT2D eigenvalue weighted by molar-refractivity contribution is 6.16. The molecule has 0 spiro atoms. The molecule has 2 heterocycles. The Hall–Kier alpha value is -3.81. The Morgan fingerprint density at radius 3 is 2.59 bits per heavy atom. The first-order valence-corrected chi connectivity index (χ1v) is 8.54. The van der Waals surface area contributed by atoms with E-state index in [1.807, 2.05) is 0 Å². The van der Waals surface area contributed by atoms with Gasteiger partial charge >= 0.3 is 6.36 Å². The zero-order valence-electron chi connectivity index (χ0n) is 14.8. The lowest BCUT2D eigenvalue weighted by molar-refractivity contribution is -0.274. The number of H-pyrrole nitrogens is 1. The van der Waals surface area contributed by atoms with Crippen LogP contribution in [-0.4, -0.2) is 22.1 Å². The summed E-state index contributed by atoms with van der Waals surface area (Å²) in [6, 6.07) is 13.9. The number of anilines is 1. The molecule has 8 heteroatoms. The van der Waals surface area contributed by atoms with E-state index in [0.717, 1.165) is 0 Å². The van der Waals surface area contributed by atoms with Crippen LogP contribution in [0.15, 0.2) is 67.0 Å². The predicted molar refractivity (Wildman–Crippen MR) is 102 cm³/mol. The number of ketones is 1. The first-order valence-electron chi connectivity index (χ1n) is 8.54. The van der Waals surface area contributed by atoms with Gasteiger partial charge in [0.15, 0.2) is 5.78 Å². The number of carbonyl (C=O) groups is 1. The second-order valence-corrected chi connectivity index (χ2v) is 6.35. The van der Waals surface area contributed by atoms with Crippen LogP contribution >= 0.6 is 0 Å². The Labute approximate surface area is 162 Å². The van der Waals surface area contributed by atoms with Crippen LogP contribution in [0.2, 0.25) is 0 Å². The molecule has 0 radical (unpaired) electrons. The number of benzene rings is 2. The summed E-state index contributed by atoms with van der Waals surface area (Å²) in [5.41, 5.74) is 8.56. The van der Waals surface area contributed by atoms with Gasteiger partial charge in [-0.05, 0) is 35.9 Å². The number of nitrogens with one attached hydrogen (secondary N) is 1. The summed E-state index contributed by atoms with van der Waals surface area (Å²) in [5, 5.41) is 0.553. The van der Waals surface area contributed by atoms with Crippen LogP contribution < -0.4 is 10.5 Å². The minimum atomic E-state index is -4.78. The van der Waals surface area contributed by atoms with E-state index in [1.54, 1.807) is 42.6 Å². The van der Waals surface area contributed by atoms with Crippen molar-refractivity contribution in [3.8, 4) is 16.9 Å². The number of alkyl halides is 3. The quantitative estimate of drug-likeness (QED) is 0.377. The molecule has 0 aliphatic rings. The van der Waals surface area contributed by atoms with Crippen molar-refractivity contribution in [1.82, 2.24) is 9.97 Å². The molecule has 4 aromatic rings. The van der Waals surface area contributed by atoms with E-state index in [0.29, 0.717) is 39.0 Å². The molecule has 0 unspecified atom stereocenters. The fraction of sp³-hybridized carbons (Fsp3) is 0.0476. The maximum absolute atomic E-state index is 12.9. The summed E-state index contributed by atoms with van der Waals surface area (Å²) in [7, 11) is 0. The van der Waals surface area contributed by atoms with Crippen molar-refractivity contribution in [3.63, 3.8) is 0 Å². The number of ether oxygens (including phenoxy) is 1. The summed E-state index contributed by atoms with van der Waals surface area (Å²) < 4.78 is 41.4. The Morgan fingerprint density at radius 2 is 1.83 bits per heavy atom. The molecule has 29 heavy (non-hydrogen) atoms. The monoisotopic (exact) mass is 397 g/mol. The average Bonchev–Trinajstić information content (AvgIpc) is 3.09. The van der Waals surface area contributed by atoms with E-state index in [1.165, 1.54) is 24.4 Å². The number of halogens is 3. The zero-order chi connectivity index (χ0) is 20.6. The van der Waals surface area contributed by atoms with E-state index in [4.69, 9.17) is 5.73 Å². The lowest BCUT2D eigenvalue weighted by atomic mass is 10.0. The van der Waals surface area contributed by atoms with Gasteiger partial charge in [0.05, 0.1) is 0 Å². The largest absolute Gasteiger partial charge is 0.573 e. The second-order valence-electron chi connectivity index (χ2n) is 6.35. The number of hydrogen-bond donors (Lipinski definition) is 2. The van der Waals surface area contributed by atoms with Crippen molar-refractivity contribution < 1.29 is 22.7 Å². The number of pyridine rings is 1. The molecule has 0 bridgehead atoms. The zero-order valence-corrected chi connectivity index (χ0v) is 14.8. The predicted octanol–water partition coefficient (Wildman–Crippen LogP) is 4.94. The number of aromatic nitrogens is 2. The minimum absolute atomic E-state index is 0.239. The highest BCUT2D eigenvalue weighted by Crippen LogP contribution is 2.30. The van der Waals surface area contributed by atoms with Gasteiger partial charge in [-0.3, -0.25) is 4.79 Å². The van der Waals surface area contributed by atoms with Gasteiger partial charge in [-0.15, -0.1) is 13.2 Å². The lowest BCUT2D eigenvalue weighted by Crippen LogP contribution is -2.17. The fourth-order valence-corrected chi connectivity index (χ4v) is 3.06. The summed E-state index contributed by atoms with van der Waals surface area (Å²) in [6.45, 7) is 0. The molecule has 3 N–H and O–H groups in total. The second kappa shape index (κ2) is 6.97. The van der Waals surface area contributed by atoms with Gasteiger partial charge in [-0.1, -0.05) is 24.3 Å². The van der Waals surface area contributed by atoms with Crippen molar-refractivity contribution in [3.05, 3.63) is 78.1 Å². The van der Waals surface area contributed by atoms with Gasteiger partial charge < -0.3 is 15.5 Å². The molecule has 146 valence electrons. The van der Waals surface area contributed by atoms with Crippen LogP contribution in [0.3, 0.4) is 0 Å². The van der Waals surface area contributed by atoms with Crippen LogP contribution in [0, 0.1) is 0 Å². The topological polar surface area (TPSA) is 81.0 Å². The first-order chi connectivity index (χ1) is 13.8. The third-order valence-electron chi connectivity index (χ3n) is 4.33. The van der Waals surface area contributed by atoms with Crippen LogP contribution in [0.1, 0.15) is 15.9 Å². The molecular formula is C21H14F3N3O2. The molecule has 2 aromatic carbocycles. The number of hydrogen-bond acceptors (Lipinski definition) is 4. The number of carbonyl (C=O) groups excluding carboxylic acids is 1. The number of aromatic amines is 1. The molecule has 0 amide bonds. The molecule has 0 fully saturated rings. The molecule has 0 atom stereocenters. The van der Waals surface area contributed by atoms with Gasteiger partial charge in [-0.2, -0.15) is 0 Å². The number of fused-ring (bicyclic) bond motifs is 1. The van der Waals surface area contributed by atoms with Crippen molar-refractivity contribution >= 4 is 22.5 Å². The van der Waals surface area contributed by atoms with Crippen LogP contribution in [-0.2, 0) is 0 Å². The SMILES string of the molecule is Nc1cccc(C(=O)c2c[nH]c3ncc(-c4cccc(OC(F)(F)F)c4)cc23)c1. The van der Waals surface area contributed by atoms with Crippen LogP contribution in [0.4, 0.5) is 18.9 Å². The summed E-state index contributed by atoms with van der Waals surface area (Å²) in [6.07, 6.45) is -1.71. The maximum atomic E-state index is 12.9. The summed E-state index contributed by atoms with van der Waals surface area (Å²) in [4.78, 5) is 20.1. The van der Waals surface area contributed by atoms with Crippen molar-refractivity contribution in [2.75, 3.05) is 5.73 Å². The van der Waals surface area contributed by atoms with Crippen molar-refractivity contribution in [2.24, 2.45) is 0 Å². The van der Waals surface area contributed by atoms with Gasteiger partial charge in [0.1, 0.15) is 11.4 Å². The average molecular weight is 397 g/mol. The Balaban J connectivity index is 1.74. The normalized spacial score (nSPS) is 11.6. The summed E-state index contributed by atoms with van der Waals surface area (Å²) in [5.74, 6) is -0.572. The van der Waals surface area contributed by atoms with Gasteiger partial charge in [0.2, 0.25) is 0 Å². The lowest BCUT2D eigenvalue weighted by Gasteiger charge is -2.10. The van der Waals surface area contributed by atoms with E-state index in [2.05, 4.69) is 14.7 Å². The van der Waals surface area contributed by atoms with Gasteiger partial charge in [0.25, 0.3) is 0 Å². The maximum Gasteiger partial charge on any atom is 0.573 e. The number of nitrogens with two attached hydrogens (primary N) is 1. The van der Waals surface area contributed by atoms with Gasteiger partial charge in [-0.25, -0.2) is 4.98 Å². The minimum Gasteiger partial charge on any atom is -0.406 e. The molecule has 5 nitrogen and oxygen atoms in total. The van der Waals surface area contributed by atoms with Crippen LogP contribution in [0.25, 0.3) is 22.2 Å². The molecular weight excluding hydrogens is 383 g/mol. The van der Waals surface area contributed by atoms with E-state index >= 15 is 0 Å². The van der Waals surface area contributed by atoms with Crippen molar-refractivity contribution in [2.45, 2.75) is 6.36 Å². The number of nitrogen functional groups attached to an aromatic ring is 1. The Kier molecular flexibility index (Phi) is 4.46. The molecule has 0 saturated heterocycles. The summed E-state index contributed by atoms with van der Waals surface area (Å²) >= 11 is 0. The number of nitrogens with zero attached hydrogens (tertiary/aromatic N) is 1. The third kappa shape index (κ3) is 3.91. The van der Waals surface area contributed by atoms with E-state index in [-0.39, 0.29) is 11.5 Å². The molecule has 2 aromatic heterocycles. The highest BCUT2D eigenvalue weighted by Gasteiger charge is 2.31. The van der Waals surface area contributed by atoms with E-state index < -0.39 is 6.36 Å².